The number of thiocarbonyl (C=S) groups is 1. The van der Waals surface area contributed by atoms with Crippen LogP contribution in [0.25, 0.3) is 0 Å². The fraction of sp³-hybridized carbons (Fsp3) is 0.632. The fourth-order valence-corrected chi connectivity index (χ4v) is 3.96. The molecule has 0 saturated carbocycles. The maximum Gasteiger partial charge on any atom is 0.173 e. The van der Waals surface area contributed by atoms with Gasteiger partial charge in [0, 0.05) is 36.5 Å². The maximum absolute atomic E-state index is 5.63. The van der Waals surface area contributed by atoms with Gasteiger partial charge in [-0.3, -0.25) is 0 Å². The van der Waals surface area contributed by atoms with Crippen LogP contribution < -0.4 is 10.2 Å². The lowest BCUT2D eigenvalue weighted by atomic mass is 10.0. The lowest BCUT2D eigenvalue weighted by Gasteiger charge is -2.36. The van der Waals surface area contributed by atoms with Gasteiger partial charge in [-0.1, -0.05) is 19.9 Å². The monoisotopic (exact) mass is 366 g/mol. The average Bonchev–Trinajstić information content (AvgIpc) is 2.59. The highest BCUT2D eigenvalue weighted by atomic mass is 32.2. The summed E-state index contributed by atoms with van der Waals surface area (Å²) in [4.78, 5) is 5.28. The second kappa shape index (κ2) is 9.64. The van der Waals surface area contributed by atoms with Crippen LogP contribution >= 0.6 is 24.0 Å². The predicted octanol–water partition coefficient (Wildman–Crippen LogP) is 3.13. The van der Waals surface area contributed by atoms with Crippen LogP contribution in [0.2, 0.25) is 0 Å². The quantitative estimate of drug-likeness (QED) is 0.595. The molecule has 1 unspecified atom stereocenters. The SMILES string of the molecule is CSc1cccc(NC(=S)N2CCC([NH+](C)CCC(C)C)CC2)c1. The Balaban J connectivity index is 1.79. The first-order valence-electron chi connectivity index (χ1n) is 9.02. The van der Waals surface area contributed by atoms with Crippen molar-refractivity contribution in [1.82, 2.24) is 4.90 Å². The van der Waals surface area contributed by atoms with Crippen molar-refractivity contribution in [2.45, 2.75) is 44.0 Å². The number of hydrogen-bond donors (Lipinski definition) is 2. The van der Waals surface area contributed by atoms with Gasteiger partial charge in [-0.25, -0.2) is 0 Å². The third-order valence-corrected chi connectivity index (χ3v) is 6.00. The molecular formula is C19H32N3S2+. The molecule has 1 heterocycles. The number of thioether (sulfide) groups is 1. The molecule has 0 radical (unpaired) electrons. The smallest absolute Gasteiger partial charge is 0.173 e. The summed E-state index contributed by atoms with van der Waals surface area (Å²) < 4.78 is 0. The molecule has 2 N–H and O–H groups in total. The highest BCUT2D eigenvalue weighted by molar-refractivity contribution is 7.98. The molecule has 1 fully saturated rings. The van der Waals surface area contributed by atoms with Crippen molar-refractivity contribution in [3.05, 3.63) is 24.3 Å². The zero-order chi connectivity index (χ0) is 17.5. The molecule has 0 amide bonds. The van der Waals surface area contributed by atoms with E-state index in [1.165, 1.54) is 30.7 Å². The number of piperidine rings is 1. The topological polar surface area (TPSA) is 19.7 Å². The van der Waals surface area contributed by atoms with E-state index in [1.807, 2.05) is 0 Å². The van der Waals surface area contributed by atoms with E-state index in [2.05, 4.69) is 61.6 Å². The molecule has 2 rings (SSSR count). The Morgan fingerprint density at radius 2 is 2.08 bits per heavy atom. The minimum atomic E-state index is 0.780. The van der Waals surface area contributed by atoms with E-state index in [0.717, 1.165) is 35.8 Å². The van der Waals surface area contributed by atoms with Crippen LogP contribution in [0.5, 0.6) is 0 Å². The Bertz CT molecular complexity index is 525. The van der Waals surface area contributed by atoms with E-state index in [4.69, 9.17) is 12.2 Å². The predicted molar refractivity (Wildman–Crippen MR) is 110 cm³/mol. The molecule has 1 aromatic carbocycles. The molecule has 1 atom stereocenters. The lowest BCUT2D eigenvalue weighted by Crippen LogP contribution is -3.13. The minimum absolute atomic E-state index is 0.780. The van der Waals surface area contributed by atoms with Gasteiger partial charge in [0.1, 0.15) is 0 Å². The van der Waals surface area contributed by atoms with Crippen molar-refractivity contribution in [3.63, 3.8) is 0 Å². The summed E-state index contributed by atoms with van der Waals surface area (Å²) in [5.41, 5.74) is 1.09. The van der Waals surface area contributed by atoms with E-state index in [0.29, 0.717) is 0 Å². The number of benzene rings is 1. The standard InChI is InChI=1S/C19H31N3S2/c1-15(2)8-11-21(3)17-9-12-22(13-10-17)19(23)20-16-6-5-7-18(14-16)24-4/h5-7,14-15,17H,8-13H2,1-4H3,(H,20,23)/p+1. The van der Waals surface area contributed by atoms with Gasteiger partial charge in [0.2, 0.25) is 0 Å². The van der Waals surface area contributed by atoms with Crippen molar-refractivity contribution < 1.29 is 4.90 Å². The second-order valence-corrected chi connectivity index (χ2v) is 8.47. The third-order valence-electron chi connectivity index (χ3n) is 4.92. The zero-order valence-corrected chi connectivity index (χ0v) is 17.1. The molecule has 0 spiro atoms. The Labute approximate surface area is 157 Å². The van der Waals surface area contributed by atoms with Crippen molar-refractivity contribution in [3.8, 4) is 0 Å². The van der Waals surface area contributed by atoms with Crippen LogP contribution in [0.1, 0.15) is 33.1 Å². The minimum Gasteiger partial charge on any atom is -0.349 e. The van der Waals surface area contributed by atoms with E-state index >= 15 is 0 Å². The molecule has 0 bridgehead atoms. The number of rotatable bonds is 6. The number of nitrogens with zero attached hydrogens (tertiary/aromatic N) is 1. The molecule has 24 heavy (non-hydrogen) atoms. The van der Waals surface area contributed by atoms with Gasteiger partial charge in [-0.05, 0) is 49.0 Å². The Kier molecular flexibility index (Phi) is 7.85. The Morgan fingerprint density at radius 3 is 2.71 bits per heavy atom. The average molecular weight is 367 g/mol. The zero-order valence-electron chi connectivity index (χ0n) is 15.5. The summed E-state index contributed by atoms with van der Waals surface area (Å²) in [7, 11) is 2.35. The molecule has 1 aliphatic heterocycles. The second-order valence-electron chi connectivity index (χ2n) is 7.20. The van der Waals surface area contributed by atoms with Gasteiger partial charge < -0.3 is 15.1 Å². The number of quaternary nitrogens is 1. The molecule has 134 valence electrons. The Hall–Kier alpha value is -0.780. The van der Waals surface area contributed by atoms with Gasteiger partial charge in [0.15, 0.2) is 5.11 Å². The molecule has 1 saturated heterocycles. The first-order chi connectivity index (χ1) is 11.5. The first kappa shape index (κ1) is 19.5. The van der Waals surface area contributed by atoms with Gasteiger partial charge in [-0.2, -0.15) is 0 Å². The van der Waals surface area contributed by atoms with Crippen molar-refractivity contribution in [2.24, 2.45) is 5.92 Å². The van der Waals surface area contributed by atoms with Crippen LogP contribution in [0.3, 0.4) is 0 Å². The van der Waals surface area contributed by atoms with E-state index in [9.17, 15) is 0 Å². The molecule has 1 aliphatic rings. The molecule has 0 aromatic heterocycles. The molecule has 3 nitrogen and oxygen atoms in total. The van der Waals surface area contributed by atoms with Crippen LogP contribution in [-0.2, 0) is 0 Å². The van der Waals surface area contributed by atoms with Crippen LogP contribution in [0.15, 0.2) is 29.2 Å². The summed E-state index contributed by atoms with van der Waals surface area (Å²) in [6.07, 6.45) is 5.88. The number of hydrogen-bond acceptors (Lipinski definition) is 2. The van der Waals surface area contributed by atoms with Crippen LogP contribution in [0, 0.1) is 5.92 Å². The number of nitrogens with one attached hydrogen (secondary N) is 2. The number of likely N-dealkylation sites (tertiary alicyclic amines) is 1. The molecule has 1 aromatic rings. The summed E-state index contributed by atoms with van der Waals surface area (Å²) in [5.74, 6) is 0.800. The highest BCUT2D eigenvalue weighted by Crippen LogP contribution is 2.20. The highest BCUT2D eigenvalue weighted by Gasteiger charge is 2.26. The summed E-state index contributed by atoms with van der Waals surface area (Å²) in [5, 5.41) is 4.27. The van der Waals surface area contributed by atoms with Crippen LogP contribution in [0.4, 0.5) is 5.69 Å². The van der Waals surface area contributed by atoms with Crippen molar-refractivity contribution in [1.29, 1.82) is 0 Å². The first-order valence-corrected chi connectivity index (χ1v) is 10.6. The van der Waals surface area contributed by atoms with Crippen molar-refractivity contribution in [2.75, 3.05) is 38.3 Å². The van der Waals surface area contributed by atoms with E-state index in [1.54, 1.807) is 16.7 Å². The third kappa shape index (κ3) is 5.94. The van der Waals surface area contributed by atoms with E-state index in [-0.39, 0.29) is 0 Å². The molecule has 5 heteroatoms. The van der Waals surface area contributed by atoms with Gasteiger partial charge in [0.25, 0.3) is 0 Å². The summed E-state index contributed by atoms with van der Waals surface area (Å²) in [6.45, 7) is 8.04. The van der Waals surface area contributed by atoms with E-state index < -0.39 is 0 Å². The number of anilines is 1. The Morgan fingerprint density at radius 1 is 1.38 bits per heavy atom. The summed E-state index contributed by atoms with van der Waals surface area (Å²) >= 11 is 7.38. The molecule has 0 aliphatic carbocycles. The summed E-state index contributed by atoms with van der Waals surface area (Å²) in [6, 6.07) is 9.23. The largest absolute Gasteiger partial charge is 0.349 e. The fourth-order valence-electron chi connectivity index (χ4n) is 3.20. The molecular weight excluding hydrogens is 334 g/mol. The lowest BCUT2D eigenvalue weighted by molar-refractivity contribution is -0.907. The van der Waals surface area contributed by atoms with Gasteiger partial charge in [0.05, 0.1) is 19.6 Å². The van der Waals surface area contributed by atoms with Crippen LogP contribution in [-0.4, -0.2) is 49.0 Å². The maximum atomic E-state index is 5.63. The van der Waals surface area contributed by atoms with Gasteiger partial charge >= 0.3 is 0 Å². The normalized spacial score (nSPS) is 17.1. The van der Waals surface area contributed by atoms with Crippen molar-refractivity contribution >= 4 is 34.8 Å². The van der Waals surface area contributed by atoms with Gasteiger partial charge in [-0.15, -0.1) is 11.8 Å².